The highest BCUT2D eigenvalue weighted by atomic mass is 32.2. The summed E-state index contributed by atoms with van der Waals surface area (Å²) in [6, 6.07) is 0.794. The number of hydrogen-bond donors (Lipinski definition) is 1. The van der Waals surface area contributed by atoms with Crippen molar-refractivity contribution < 1.29 is 0 Å². The van der Waals surface area contributed by atoms with Crippen molar-refractivity contribution in [3.8, 4) is 0 Å². The van der Waals surface area contributed by atoms with E-state index in [1.54, 1.807) is 0 Å². The van der Waals surface area contributed by atoms with Crippen molar-refractivity contribution in [2.24, 2.45) is 11.8 Å². The largest absolute Gasteiger partial charge is 0.313 e. The van der Waals surface area contributed by atoms with Gasteiger partial charge in [0.2, 0.25) is 0 Å². The first kappa shape index (κ1) is 13.4. The van der Waals surface area contributed by atoms with Crippen LogP contribution in [0.3, 0.4) is 0 Å². The van der Waals surface area contributed by atoms with E-state index in [2.05, 4.69) is 37.8 Å². The molecule has 1 fully saturated rings. The third-order valence-corrected chi connectivity index (χ3v) is 4.62. The molecule has 0 aromatic heterocycles. The van der Waals surface area contributed by atoms with E-state index in [1.807, 2.05) is 0 Å². The molecule has 15 heavy (non-hydrogen) atoms. The third-order valence-electron chi connectivity index (χ3n) is 3.12. The second-order valence-electron chi connectivity index (χ2n) is 5.18. The van der Waals surface area contributed by atoms with Crippen molar-refractivity contribution in [3.05, 3.63) is 0 Å². The molecule has 0 bridgehead atoms. The van der Waals surface area contributed by atoms with Gasteiger partial charge in [0.1, 0.15) is 0 Å². The molecule has 0 aliphatic heterocycles. The first-order chi connectivity index (χ1) is 7.24. The van der Waals surface area contributed by atoms with Crippen LogP contribution < -0.4 is 5.32 Å². The first-order valence-corrected chi connectivity index (χ1v) is 7.70. The fourth-order valence-electron chi connectivity index (χ4n) is 1.96. The Hall–Kier alpha value is 0.310. The highest BCUT2D eigenvalue weighted by Crippen LogP contribution is 2.31. The SMILES string of the molecule is CCCNC(CSCC(C)C)C1CCC1. The van der Waals surface area contributed by atoms with Gasteiger partial charge in [-0.15, -0.1) is 0 Å². The molecule has 1 atom stereocenters. The van der Waals surface area contributed by atoms with E-state index in [-0.39, 0.29) is 0 Å². The summed E-state index contributed by atoms with van der Waals surface area (Å²) in [7, 11) is 0. The average molecular weight is 229 g/mol. The normalized spacial score (nSPS) is 19.2. The minimum absolute atomic E-state index is 0.794. The Bertz CT molecular complexity index is 155. The maximum absolute atomic E-state index is 3.72. The van der Waals surface area contributed by atoms with Gasteiger partial charge in [0.15, 0.2) is 0 Å². The minimum atomic E-state index is 0.794. The summed E-state index contributed by atoms with van der Waals surface area (Å²) in [6.07, 6.45) is 5.65. The van der Waals surface area contributed by atoms with Gasteiger partial charge in [-0.2, -0.15) is 11.8 Å². The quantitative estimate of drug-likeness (QED) is 0.683. The molecule has 0 heterocycles. The van der Waals surface area contributed by atoms with Crippen LogP contribution in [0.1, 0.15) is 46.5 Å². The van der Waals surface area contributed by atoms with Crippen molar-refractivity contribution in [2.45, 2.75) is 52.5 Å². The number of hydrogen-bond acceptors (Lipinski definition) is 2. The minimum Gasteiger partial charge on any atom is -0.313 e. The van der Waals surface area contributed by atoms with Gasteiger partial charge in [-0.25, -0.2) is 0 Å². The molecule has 1 nitrogen and oxygen atoms in total. The van der Waals surface area contributed by atoms with Crippen LogP contribution in [0.5, 0.6) is 0 Å². The lowest BCUT2D eigenvalue weighted by Gasteiger charge is -2.34. The van der Waals surface area contributed by atoms with Gasteiger partial charge in [0.25, 0.3) is 0 Å². The van der Waals surface area contributed by atoms with E-state index >= 15 is 0 Å². The van der Waals surface area contributed by atoms with E-state index in [1.165, 1.54) is 43.7 Å². The lowest BCUT2D eigenvalue weighted by Crippen LogP contribution is -2.41. The van der Waals surface area contributed by atoms with Gasteiger partial charge in [-0.1, -0.05) is 27.2 Å². The summed E-state index contributed by atoms with van der Waals surface area (Å²) in [5, 5.41) is 3.72. The zero-order valence-corrected chi connectivity index (χ0v) is 11.4. The Morgan fingerprint density at radius 1 is 1.27 bits per heavy atom. The van der Waals surface area contributed by atoms with Crippen LogP contribution in [0, 0.1) is 11.8 Å². The molecule has 0 saturated heterocycles. The summed E-state index contributed by atoms with van der Waals surface area (Å²) in [5.74, 6) is 4.46. The standard InChI is InChI=1S/C13H27NS/c1-4-8-14-13(12-6-5-7-12)10-15-9-11(2)3/h11-14H,4-10H2,1-3H3. The van der Waals surface area contributed by atoms with Gasteiger partial charge >= 0.3 is 0 Å². The Morgan fingerprint density at radius 2 is 2.00 bits per heavy atom. The smallest absolute Gasteiger partial charge is 0.0186 e. The lowest BCUT2D eigenvalue weighted by molar-refractivity contribution is 0.244. The summed E-state index contributed by atoms with van der Waals surface area (Å²) < 4.78 is 0. The van der Waals surface area contributed by atoms with Crippen LogP contribution in [0.4, 0.5) is 0 Å². The van der Waals surface area contributed by atoms with Gasteiger partial charge in [-0.05, 0) is 43.4 Å². The second-order valence-corrected chi connectivity index (χ2v) is 6.26. The van der Waals surface area contributed by atoms with Crippen molar-refractivity contribution in [3.63, 3.8) is 0 Å². The molecule has 0 aromatic carbocycles. The number of rotatable bonds is 8. The predicted molar refractivity (Wildman–Crippen MR) is 71.6 cm³/mol. The van der Waals surface area contributed by atoms with Crippen molar-refractivity contribution >= 4 is 11.8 Å². The van der Waals surface area contributed by atoms with Crippen molar-refractivity contribution in [2.75, 3.05) is 18.1 Å². The first-order valence-electron chi connectivity index (χ1n) is 6.55. The molecule has 0 spiro atoms. The van der Waals surface area contributed by atoms with Gasteiger partial charge in [0.05, 0.1) is 0 Å². The molecule has 0 amide bonds. The Morgan fingerprint density at radius 3 is 2.47 bits per heavy atom. The average Bonchev–Trinajstić information content (AvgIpc) is 2.10. The number of nitrogens with one attached hydrogen (secondary N) is 1. The molecule has 1 rings (SSSR count). The Labute approximate surface area is 99.8 Å². The van der Waals surface area contributed by atoms with E-state index < -0.39 is 0 Å². The van der Waals surface area contributed by atoms with Crippen LogP contribution in [-0.4, -0.2) is 24.1 Å². The molecule has 1 unspecified atom stereocenters. The highest BCUT2D eigenvalue weighted by molar-refractivity contribution is 7.99. The van der Waals surface area contributed by atoms with Gasteiger partial charge in [-0.3, -0.25) is 0 Å². The maximum Gasteiger partial charge on any atom is 0.0186 e. The molecule has 1 N–H and O–H groups in total. The summed E-state index contributed by atoms with van der Waals surface area (Å²) >= 11 is 2.13. The fraction of sp³-hybridized carbons (Fsp3) is 1.00. The monoisotopic (exact) mass is 229 g/mol. The highest BCUT2D eigenvalue weighted by Gasteiger charge is 2.26. The fourth-order valence-corrected chi connectivity index (χ4v) is 3.22. The zero-order chi connectivity index (χ0) is 11.1. The third kappa shape index (κ3) is 5.26. The molecule has 90 valence electrons. The molecular formula is C13H27NS. The maximum atomic E-state index is 3.72. The number of thioether (sulfide) groups is 1. The van der Waals surface area contributed by atoms with Crippen molar-refractivity contribution in [1.82, 2.24) is 5.32 Å². The zero-order valence-electron chi connectivity index (χ0n) is 10.6. The van der Waals surface area contributed by atoms with E-state index in [0.29, 0.717) is 0 Å². The van der Waals surface area contributed by atoms with Crippen LogP contribution in [-0.2, 0) is 0 Å². The molecule has 2 heteroatoms. The van der Waals surface area contributed by atoms with Crippen LogP contribution >= 0.6 is 11.8 Å². The second kappa shape index (κ2) is 7.56. The van der Waals surface area contributed by atoms with Crippen molar-refractivity contribution in [1.29, 1.82) is 0 Å². The summed E-state index contributed by atoms with van der Waals surface area (Å²) in [6.45, 7) is 8.07. The molecular weight excluding hydrogens is 202 g/mol. The predicted octanol–water partition coefficient (Wildman–Crippen LogP) is 3.54. The molecule has 1 saturated carbocycles. The molecule has 0 radical (unpaired) electrons. The van der Waals surface area contributed by atoms with Gasteiger partial charge < -0.3 is 5.32 Å². The van der Waals surface area contributed by atoms with E-state index in [4.69, 9.17) is 0 Å². The van der Waals surface area contributed by atoms with Gasteiger partial charge in [0, 0.05) is 11.8 Å². The molecule has 0 aromatic rings. The Kier molecular flexibility index (Phi) is 6.74. The van der Waals surface area contributed by atoms with Crippen LogP contribution in [0.25, 0.3) is 0 Å². The summed E-state index contributed by atoms with van der Waals surface area (Å²) in [4.78, 5) is 0. The molecule has 1 aliphatic rings. The Balaban J connectivity index is 2.16. The van der Waals surface area contributed by atoms with E-state index in [9.17, 15) is 0 Å². The van der Waals surface area contributed by atoms with E-state index in [0.717, 1.165) is 17.9 Å². The van der Waals surface area contributed by atoms with Crippen LogP contribution in [0.15, 0.2) is 0 Å². The van der Waals surface area contributed by atoms with Crippen LogP contribution in [0.2, 0.25) is 0 Å². The summed E-state index contributed by atoms with van der Waals surface area (Å²) in [5.41, 5.74) is 0. The molecule has 1 aliphatic carbocycles. The lowest BCUT2D eigenvalue weighted by atomic mass is 9.80. The topological polar surface area (TPSA) is 12.0 Å².